The van der Waals surface area contributed by atoms with Gasteiger partial charge in [-0.1, -0.05) is 0 Å². The first-order valence-corrected chi connectivity index (χ1v) is 10.9. The Hall–Kier alpha value is -1.87. The zero-order chi connectivity index (χ0) is 17.4. The third kappa shape index (κ3) is 3.43. The number of nitrogens with zero attached hydrogens (tertiary/aromatic N) is 2. The van der Waals surface area contributed by atoms with Crippen LogP contribution >= 0.6 is 45.3 Å². The first-order valence-electron chi connectivity index (χ1n) is 7.44. The van der Waals surface area contributed by atoms with Crippen molar-refractivity contribution in [3.63, 3.8) is 0 Å². The van der Waals surface area contributed by atoms with Crippen LogP contribution in [0.25, 0.3) is 21.1 Å². The molecule has 0 bridgehead atoms. The van der Waals surface area contributed by atoms with Crippen molar-refractivity contribution < 1.29 is 4.79 Å². The van der Waals surface area contributed by atoms with Crippen LogP contribution in [-0.2, 0) is 0 Å². The van der Waals surface area contributed by atoms with E-state index in [2.05, 4.69) is 34.3 Å². The normalized spacial score (nSPS) is 11.0. The van der Waals surface area contributed by atoms with Gasteiger partial charge >= 0.3 is 0 Å². The molecule has 0 aromatic carbocycles. The van der Waals surface area contributed by atoms with E-state index in [1.54, 1.807) is 22.7 Å². The van der Waals surface area contributed by atoms with Crippen molar-refractivity contribution in [2.75, 3.05) is 5.32 Å². The number of amides is 1. The fourth-order valence-electron chi connectivity index (χ4n) is 2.29. The smallest absolute Gasteiger partial charge is 0.269 e. The fourth-order valence-corrected chi connectivity index (χ4v) is 5.57. The van der Waals surface area contributed by atoms with Crippen LogP contribution < -0.4 is 5.32 Å². The second-order valence-electron chi connectivity index (χ2n) is 5.35. The van der Waals surface area contributed by atoms with Gasteiger partial charge in [0, 0.05) is 21.2 Å². The number of nitrogens with one attached hydrogen (secondary N) is 1. The van der Waals surface area contributed by atoms with Crippen molar-refractivity contribution in [1.29, 1.82) is 0 Å². The highest BCUT2D eigenvalue weighted by atomic mass is 32.1. The van der Waals surface area contributed by atoms with Gasteiger partial charge in [-0.05, 0) is 37.4 Å². The third-order valence-electron chi connectivity index (χ3n) is 3.49. The number of carbonyl (C=O) groups is 1. The van der Waals surface area contributed by atoms with E-state index in [4.69, 9.17) is 0 Å². The maximum absolute atomic E-state index is 12.6. The van der Waals surface area contributed by atoms with Gasteiger partial charge in [-0.2, -0.15) is 11.3 Å². The van der Waals surface area contributed by atoms with Crippen LogP contribution in [0.5, 0.6) is 0 Å². The minimum absolute atomic E-state index is 0.153. The Morgan fingerprint density at radius 1 is 1.08 bits per heavy atom. The van der Waals surface area contributed by atoms with Crippen LogP contribution in [0.15, 0.2) is 34.3 Å². The minimum atomic E-state index is -0.153. The monoisotopic (exact) mass is 403 g/mol. The van der Waals surface area contributed by atoms with Gasteiger partial charge in [0.2, 0.25) is 0 Å². The van der Waals surface area contributed by atoms with E-state index in [1.807, 2.05) is 29.1 Å². The Morgan fingerprint density at radius 2 is 1.96 bits per heavy atom. The second-order valence-corrected chi connectivity index (χ2v) is 9.27. The summed E-state index contributed by atoms with van der Waals surface area (Å²) in [6.07, 6.45) is 0. The molecule has 0 fully saturated rings. The lowest BCUT2D eigenvalue weighted by Gasteiger charge is -1.99. The van der Waals surface area contributed by atoms with Crippen molar-refractivity contribution in [1.82, 2.24) is 9.97 Å². The Morgan fingerprint density at radius 3 is 2.68 bits per heavy atom. The van der Waals surface area contributed by atoms with Crippen molar-refractivity contribution in [3.05, 3.63) is 49.8 Å². The average Bonchev–Trinajstić information content (AvgIpc) is 3.32. The van der Waals surface area contributed by atoms with Crippen LogP contribution in [0.3, 0.4) is 0 Å². The second kappa shape index (κ2) is 6.80. The quantitative estimate of drug-likeness (QED) is 0.460. The summed E-state index contributed by atoms with van der Waals surface area (Å²) >= 11 is 6.17. The molecule has 4 nitrogen and oxygen atoms in total. The molecule has 0 radical (unpaired) electrons. The highest BCUT2D eigenvalue weighted by Gasteiger charge is 2.18. The summed E-state index contributed by atoms with van der Waals surface area (Å²) in [4.78, 5) is 24.6. The first-order chi connectivity index (χ1) is 12.1. The summed E-state index contributed by atoms with van der Waals surface area (Å²) in [5.74, 6) is -0.153. The largest absolute Gasteiger partial charge is 0.297 e. The van der Waals surface area contributed by atoms with Gasteiger partial charge in [-0.25, -0.2) is 9.97 Å². The van der Waals surface area contributed by atoms with Crippen LogP contribution in [0.1, 0.15) is 20.2 Å². The summed E-state index contributed by atoms with van der Waals surface area (Å²) in [5.41, 5.74) is 2.70. The number of hydrogen-bond donors (Lipinski definition) is 1. The molecule has 8 heteroatoms. The van der Waals surface area contributed by atoms with Gasteiger partial charge in [0.1, 0.15) is 9.88 Å². The van der Waals surface area contributed by atoms with E-state index in [9.17, 15) is 4.79 Å². The maximum Gasteiger partial charge on any atom is 0.269 e. The lowest BCUT2D eigenvalue weighted by molar-refractivity contribution is 0.103. The summed E-state index contributed by atoms with van der Waals surface area (Å²) in [6.45, 7) is 3.93. The first kappa shape index (κ1) is 16.6. The Kier molecular flexibility index (Phi) is 4.51. The predicted molar refractivity (Wildman–Crippen MR) is 108 cm³/mol. The van der Waals surface area contributed by atoms with Gasteiger partial charge in [-0.3, -0.25) is 10.1 Å². The lowest BCUT2D eigenvalue weighted by Crippen LogP contribution is -2.11. The molecule has 0 aliphatic rings. The predicted octanol–water partition coefficient (Wildman–Crippen LogP) is 5.93. The Balaban J connectivity index is 1.54. The standard InChI is InChI=1S/C17H13N3OS4/c1-9-3-4-13(24-9)12-8-23-17(19-12)20-15(21)14-10(2)18-16(25-14)11-5-6-22-7-11/h3-8H,1-2H3,(H,19,20,21). The third-order valence-corrected chi connectivity index (χ3v) is 7.16. The minimum Gasteiger partial charge on any atom is -0.297 e. The number of rotatable bonds is 4. The number of thiophene rings is 2. The molecule has 0 atom stereocenters. The molecule has 0 aliphatic heterocycles. The van der Waals surface area contributed by atoms with E-state index in [0.29, 0.717) is 10.0 Å². The van der Waals surface area contributed by atoms with Crippen LogP contribution in [0, 0.1) is 13.8 Å². The molecule has 126 valence electrons. The van der Waals surface area contributed by atoms with Gasteiger partial charge in [-0.15, -0.1) is 34.0 Å². The van der Waals surface area contributed by atoms with Crippen molar-refractivity contribution in [2.24, 2.45) is 0 Å². The number of aryl methyl sites for hydroxylation is 2. The Bertz CT molecular complexity index is 1030. The zero-order valence-corrected chi connectivity index (χ0v) is 16.7. The highest BCUT2D eigenvalue weighted by molar-refractivity contribution is 7.18. The highest BCUT2D eigenvalue weighted by Crippen LogP contribution is 2.32. The molecule has 4 heterocycles. The number of carbonyl (C=O) groups excluding carboxylic acids is 1. The molecule has 4 rings (SSSR count). The summed E-state index contributed by atoms with van der Waals surface area (Å²) < 4.78 is 0. The molecule has 4 aromatic heterocycles. The van der Waals surface area contributed by atoms with E-state index < -0.39 is 0 Å². The van der Waals surface area contributed by atoms with Crippen LogP contribution in [-0.4, -0.2) is 15.9 Å². The maximum atomic E-state index is 12.6. The van der Waals surface area contributed by atoms with Crippen LogP contribution in [0.4, 0.5) is 5.13 Å². The van der Waals surface area contributed by atoms with Crippen LogP contribution in [0.2, 0.25) is 0 Å². The molecule has 0 spiro atoms. The SMILES string of the molecule is Cc1ccc(-c2csc(NC(=O)c3sc(-c4ccsc4)nc3C)n2)s1. The molecule has 0 saturated carbocycles. The molecule has 1 N–H and O–H groups in total. The van der Waals surface area contributed by atoms with Gasteiger partial charge in [0.15, 0.2) is 5.13 Å². The number of hydrogen-bond acceptors (Lipinski definition) is 7. The van der Waals surface area contributed by atoms with Gasteiger partial charge in [0.25, 0.3) is 5.91 Å². The summed E-state index contributed by atoms with van der Waals surface area (Å²) in [5, 5.41) is 10.4. The fraction of sp³-hybridized carbons (Fsp3) is 0.118. The number of thiazole rings is 2. The zero-order valence-electron chi connectivity index (χ0n) is 13.4. The average molecular weight is 404 g/mol. The molecule has 1 amide bonds. The molecule has 4 aromatic rings. The number of anilines is 1. The van der Waals surface area contributed by atoms with E-state index >= 15 is 0 Å². The molecule has 25 heavy (non-hydrogen) atoms. The van der Waals surface area contributed by atoms with Gasteiger partial charge in [0.05, 0.1) is 16.3 Å². The van der Waals surface area contributed by atoms with E-state index in [1.165, 1.54) is 27.6 Å². The van der Waals surface area contributed by atoms with Crippen molar-refractivity contribution >= 4 is 56.4 Å². The van der Waals surface area contributed by atoms with Gasteiger partial charge < -0.3 is 0 Å². The molecule has 0 saturated heterocycles. The number of aromatic nitrogens is 2. The topological polar surface area (TPSA) is 54.9 Å². The molecule has 0 aliphatic carbocycles. The van der Waals surface area contributed by atoms with E-state index in [0.717, 1.165) is 26.8 Å². The molecular formula is C17H13N3OS4. The van der Waals surface area contributed by atoms with Crippen molar-refractivity contribution in [2.45, 2.75) is 13.8 Å². The Labute approximate surface area is 160 Å². The molecular weight excluding hydrogens is 390 g/mol. The van der Waals surface area contributed by atoms with E-state index in [-0.39, 0.29) is 5.91 Å². The van der Waals surface area contributed by atoms with Crippen molar-refractivity contribution in [3.8, 4) is 21.1 Å². The summed E-state index contributed by atoms with van der Waals surface area (Å²) in [6, 6.07) is 6.14. The molecule has 0 unspecified atom stereocenters. The summed E-state index contributed by atoms with van der Waals surface area (Å²) in [7, 11) is 0. The lowest BCUT2D eigenvalue weighted by atomic mass is 10.3.